The van der Waals surface area contributed by atoms with Gasteiger partial charge in [0.1, 0.15) is 0 Å². The van der Waals surface area contributed by atoms with Crippen LogP contribution in [0.15, 0.2) is 47.3 Å². The van der Waals surface area contributed by atoms with Crippen LogP contribution in [0.3, 0.4) is 0 Å². The van der Waals surface area contributed by atoms with Gasteiger partial charge in [0, 0.05) is 24.5 Å². The molecule has 6 nitrogen and oxygen atoms in total. The van der Waals surface area contributed by atoms with E-state index < -0.39 is 0 Å². The van der Waals surface area contributed by atoms with Gasteiger partial charge in [-0.15, -0.1) is 22.7 Å². The van der Waals surface area contributed by atoms with Crippen LogP contribution in [0.2, 0.25) is 0 Å². The normalized spacial score (nSPS) is 16.8. The van der Waals surface area contributed by atoms with Crippen molar-refractivity contribution in [1.82, 2.24) is 14.9 Å². The molecule has 26 heavy (non-hydrogen) atoms. The summed E-state index contributed by atoms with van der Waals surface area (Å²) in [5.74, 6) is -0.538. The zero-order valence-electron chi connectivity index (χ0n) is 13.8. The van der Waals surface area contributed by atoms with Gasteiger partial charge in [-0.2, -0.15) is 0 Å². The minimum atomic E-state index is -0.361. The lowest BCUT2D eigenvalue weighted by Crippen LogP contribution is -2.28. The summed E-state index contributed by atoms with van der Waals surface area (Å²) < 4.78 is 0. The van der Waals surface area contributed by atoms with E-state index in [2.05, 4.69) is 15.3 Å². The quantitative estimate of drug-likeness (QED) is 0.733. The first-order chi connectivity index (χ1) is 12.7. The fourth-order valence-electron chi connectivity index (χ4n) is 2.86. The highest BCUT2D eigenvalue weighted by atomic mass is 32.1. The summed E-state index contributed by atoms with van der Waals surface area (Å²) in [6, 6.07) is 9.57. The Morgan fingerprint density at radius 1 is 1.27 bits per heavy atom. The fraction of sp³-hybridized carbons (Fsp3) is 0.222. The second kappa shape index (κ2) is 7.35. The van der Waals surface area contributed by atoms with Crippen LogP contribution in [0.1, 0.15) is 12.1 Å². The van der Waals surface area contributed by atoms with E-state index >= 15 is 0 Å². The Hall–Kier alpha value is -2.58. The molecule has 1 aliphatic rings. The molecule has 1 unspecified atom stereocenters. The number of carbonyl (C=O) groups excluding carboxylic acids is 2. The van der Waals surface area contributed by atoms with Crippen molar-refractivity contribution in [2.45, 2.75) is 13.0 Å². The van der Waals surface area contributed by atoms with E-state index in [4.69, 9.17) is 0 Å². The van der Waals surface area contributed by atoms with Crippen molar-refractivity contribution in [1.29, 1.82) is 0 Å². The molecule has 8 heteroatoms. The Labute approximate surface area is 158 Å². The molecule has 1 N–H and O–H groups in total. The largest absolute Gasteiger partial charge is 0.336 e. The number of anilines is 1. The molecule has 2 amide bonds. The number of likely N-dealkylation sites (tertiary alicyclic amines) is 1. The average molecular weight is 384 g/mol. The van der Waals surface area contributed by atoms with Crippen LogP contribution in [0.4, 0.5) is 5.13 Å². The molecule has 0 aliphatic carbocycles. The van der Waals surface area contributed by atoms with Crippen LogP contribution in [0.5, 0.6) is 0 Å². The summed E-state index contributed by atoms with van der Waals surface area (Å²) in [5.41, 5.74) is 1.68. The molecule has 0 bridgehead atoms. The molecule has 1 fully saturated rings. The highest BCUT2D eigenvalue weighted by Gasteiger charge is 2.34. The Kier molecular flexibility index (Phi) is 4.77. The summed E-state index contributed by atoms with van der Waals surface area (Å²) >= 11 is 3.00. The zero-order chi connectivity index (χ0) is 17.9. The predicted molar refractivity (Wildman–Crippen MR) is 102 cm³/mol. The van der Waals surface area contributed by atoms with Gasteiger partial charge in [0.2, 0.25) is 11.8 Å². The van der Waals surface area contributed by atoms with Crippen LogP contribution in [-0.2, 0) is 16.1 Å². The fourth-order valence-corrected chi connectivity index (χ4v) is 4.34. The second-order valence-electron chi connectivity index (χ2n) is 6.00. The monoisotopic (exact) mass is 384 g/mol. The van der Waals surface area contributed by atoms with Crippen LogP contribution < -0.4 is 5.32 Å². The number of nitrogens with zero attached hydrogens (tertiary/aromatic N) is 3. The van der Waals surface area contributed by atoms with Gasteiger partial charge in [-0.1, -0.05) is 12.1 Å². The average Bonchev–Trinajstić information content (AvgIpc) is 3.38. The van der Waals surface area contributed by atoms with E-state index in [9.17, 15) is 9.59 Å². The van der Waals surface area contributed by atoms with E-state index in [1.54, 1.807) is 22.4 Å². The van der Waals surface area contributed by atoms with Crippen molar-refractivity contribution in [3.8, 4) is 10.6 Å². The predicted octanol–water partition coefficient (Wildman–Crippen LogP) is 3.25. The number of amides is 2. The lowest BCUT2D eigenvalue weighted by Gasteiger charge is -2.15. The molecule has 1 saturated heterocycles. The van der Waals surface area contributed by atoms with Crippen LogP contribution in [-0.4, -0.2) is 33.2 Å². The Bertz CT molecular complexity index is 908. The molecule has 4 rings (SSSR count). The van der Waals surface area contributed by atoms with Gasteiger partial charge in [0.15, 0.2) is 5.13 Å². The number of thiazole rings is 1. The molecule has 0 saturated carbocycles. The lowest BCUT2D eigenvalue weighted by atomic mass is 10.1. The van der Waals surface area contributed by atoms with Gasteiger partial charge >= 0.3 is 0 Å². The van der Waals surface area contributed by atoms with Crippen LogP contribution in [0, 0.1) is 5.92 Å². The number of thiophene rings is 1. The molecule has 3 aromatic heterocycles. The van der Waals surface area contributed by atoms with Gasteiger partial charge in [0.25, 0.3) is 0 Å². The highest BCUT2D eigenvalue weighted by molar-refractivity contribution is 7.16. The zero-order valence-corrected chi connectivity index (χ0v) is 15.4. The first-order valence-corrected chi connectivity index (χ1v) is 9.93. The number of pyridine rings is 1. The van der Waals surface area contributed by atoms with Crippen molar-refractivity contribution in [2.24, 2.45) is 5.92 Å². The van der Waals surface area contributed by atoms with Crippen molar-refractivity contribution in [2.75, 3.05) is 11.9 Å². The molecule has 0 spiro atoms. The van der Waals surface area contributed by atoms with Crippen molar-refractivity contribution < 1.29 is 9.59 Å². The molecule has 3 aromatic rings. The minimum absolute atomic E-state index is 0.0192. The maximum absolute atomic E-state index is 12.5. The minimum Gasteiger partial charge on any atom is -0.336 e. The molecule has 4 heterocycles. The third-order valence-electron chi connectivity index (χ3n) is 4.17. The first kappa shape index (κ1) is 16.9. The summed E-state index contributed by atoms with van der Waals surface area (Å²) in [5, 5.41) is 7.33. The number of hydrogen-bond acceptors (Lipinski definition) is 6. The first-order valence-electron chi connectivity index (χ1n) is 8.17. The summed E-state index contributed by atoms with van der Waals surface area (Å²) in [7, 11) is 0. The number of rotatable bonds is 5. The van der Waals surface area contributed by atoms with E-state index in [0.29, 0.717) is 18.2 Å². The van der Waals surface area contributed by atoms with Crippen LogP contribution in [0.25, 0.3) is 10.6 Å². The number of nitrogens with one attached hydrogen (secondary N) is 1. The molecule has 1 atom stereocenters. The number of carbonyl (C=O) groups is 2. The van der Waals surface area contributed by atoms with Gasteiger partial charge in [-0.05, 0) is 23.6 Å². The van der Waals surface area contributed by atoms with Crippen LogP contribution >= 0.6 is 22.7 Å². The number of hydrogen-bond donors (Lipinski definition) is 1. The van der Waals surface area contributed by atoms with E-state index in [-0.39, 0.29) is 24.2 Å². The van der Waals surface area contributed by atoms with Crippen molar-refractivity contribution >= 4 is 39.6 Å². The molecule has 0 aromatic carbocycles. The maximum Gasteiger partial charge on any atom is 0.231 e. The highest BCUT2D eigenvalue weighted by Crippen LogP contribution is 2.29. The summed E-state index contributed by atoms with van der Waals surface area (Å²) in [6.07, 6.45) is 1.93. The molecular formula is C18H16N4O2S2. The standard InChI is InChI=1S/C18H16N4O2S2/c23-16-8-12(9-22(16)10-13-4-1-2-6-19-13)17(24)21-18-20-14(11-26-18)15-5-3-7-25-15/h1-7,11-12H,8-10H2,(H,20,21,24). The van der Waals surface area contributed by atoms with Gasteiger partial charge < -0.3 is 10.2 Å². The lowest BCUT2D eigenvalue weighted by molar-refractivity contribution is -0.128. The molecule has 132 valence electrons. The van der Waals surface area contributed by atoms with Gasteiger partial charge in [-0.25, -0.2) is 4.98 Å². The Morgan fingerprint density at radius 3 is 2.96 bits per heavy atom. The van der Waals surface area contributed by atoms with Gasteiger partial charge in [0.05, 0.1) is 28.7 Å². The van der Waals surface area contributed by atoms with Gasteiger partial charge in [-0.3, -0.25) is 14.6 Å². The van der Waals surface area contributed by atoms with Crippen molar-refractivity contribution in [3.63, 3.8) is 0 Å². The molecule has 0 radical (unpaired) electrons. The second-order valence-corrected chi connectivity index (χ2v) is 7.81. The van der Waals surface area contributed by atoms with Crippen molar-refractivity contribution in [3.05, 3.63) is 53.0 Å². The third-order valence-corrected chi connectivity index (χ3v) is 5.82. The smallest absolute Gasteiger partial charge is 0.231 e. The summed E-state index contributed by atoms with van der Waals surface area (Å²) in [6.45, 7) is 0.841. The van der Waals surface area contributed by atoms with E-state index in [0.717, 1.165) is 16.3 Å². The van der Waals surface area contributed by atoms with E-state index in [1.807, 2.05) is 41.1 Å². The van der Waals surface area contributed by atoms with E-state index in [1.165, 1.54) is 11.3 Å². The number of aromatic nitrogens is 2. The molecule has 1 aliphatic heterocycles. The third kappa shape index (κ3) is 3.66. The Balaban J connectivity index is 1.37. The molecular weight excluding hydrogens is 368 g/mol. The maximum atomic E-state index is 12.5. The topological polar surface area (TPSA) is 75.2 Å². The Morgan fingerprint density at radius 2 is 2.19 bits per heavy atom. The summed E-state index contributed by atoms with van der Waals surface area (Å²) in [4.78, 5) is 36.2. The SMILES string of the molecule is O=C(Nc1nc(-c2cccs2)cs1)C1CC(=O)N(Cc2ccccn2)C1.